The minimum Gasteiger partial charge on any atom is -0.495 e. The number of carbonyl (C=O) groups is 1. The third-order valence-corrected chi connectivity index (χ3v) is 4.30. The van der Waals surface area contributed by atoms with Crippen LogP contribution in [-0.4, -0.2) is 22.2 Å². The molecule has 0 radical (unpaired) electrons. The van der Waals surface area contributed by atoms with Gasteiger partial charge in [0, 0.05) is 12.4 Å². The molecule has 0 fully saturated rings. The Hall–Kier alpha value is -3.61. The number of amides is 1. The van der Waals surface area contributed by atoms with Gasteiger partial charge < -0.3 is 14.6 Å². The molecule has 1 N–H and O–H groups in total. The molecule has 1 amide bonds. The third kappa shape index (κ3) is 4.37. The van der Waals surface area contributed by atoms with Gasteiger partial charge in [-0.3, -0.25) is 19.0 Å². The number of nitrogens with one attached hydrogen (secondary N) is 1. The molecule has 144 valence electrons. The van der Waals surface area contributed by atoms with Crippen LogP contribution in [-0.2, 0) is 17.9 Å². The molecule has 0 aliphatic rings. The molecule has 3 aromatic rings. The number of ether oxygens (including phenoxy) is 1. The van der Waals surface area contributed by atoms with Crippen LogP contribution in [0.25, 0.3) is 0 Å². The van der Waals surface area contributed by atoms with E-state index in [1.807, 2.05) is 31.2 Å². The van der Waals surface area contributed by atoms with Gasteiger partial charge in [-0.1, -0.05) is 42.0 Å². The SMILES string of the molecule is COc1ccccc1NC(=O)Cn1ccn(Cc2ccc(C)cc2)c(=O)c1=O. The molecular weight excluding hydrogens is 358 g/mol. The summed E-state index contributed by atoms with van der Waals surface area (Å²) in [6, 6.07) is 14.7. The van der Waals surface area contributed by atoms with E-state index in [1.54, 1.807) is 24.3 Å². The second-order valence-electron chi connectivity index (χ2n) is 6.40. The van der Waals surface area contributed by atoms with Gasteiger partial charge in [-0.2, -0.15) is 0 Å². The smallest absolute Gasteiger partial charge is 0.316 e. The summed E-state index contributed by atoms with van der Waals surface area (Å²) in [7, 11) is 1.50. The van der Waals surface area contributed by atoms with Gasteiger partial charge in [-0.05, 0) is 24.6 Å². The lowest BCUT2D eigenvalue weighted by Crippen LogP contribution is -2.42. The molecule has 0 saturated carbocycles. The number of aryl methyl sites for hydroxylation is 1. The summed E-state index contributed by atoms with van der Waals surface area (Å²) in [5.74, 6) is 0.0824. The molecule has 0 aliphatic heterocycles. The number of anilines is 1. The van der Waals surface area contributed by atoms with Crippen LogP contribution in [0.2, 0.25) is 0 Å². The van der Waals surface area contributed by atoms with E-state index >= 15 is 0 Å². The number of benzene rings is 2. The standard InChI is InChI=1S/C21H21N3O4/c1-15-7-9-16(10-8-15)13-23-11-12-24(21(27)20(23)26)14-19(25)22-17-5-3-4-6-18(17)28-2/h3-12H,13-14H2,1-2H3,(H,22,25). The van der Waals surface area contributed by atoms with Crippen LogP contribution >= 0.6 is 0 Å². The lowest BCUT2D eigenvalue weighted by Gasteiger charge is -2.11. The maximum Gasteiger partial charge on any atom is 0.316 e. The number of para-hydroxylation sites is 2. The van der Waals surface area contributed by atoms with Crippen LogP contribution in [0, 0.1) is 6.92 Å². The molecule has 28 heavy (non-hydrogen) atoms. The van der Waals surface area contributed by atoms with Gasteiger partial charge in [0.05, 0.1) is 19.3 Å². The van der Waals surface area contributed by atoms with E-state index in [4.69, 9.17) is 4.74 Å². The van der Waals surface area contributed by atoms with Crippen molar-refractivity contribution in [1.29, 1.82) is 0 Å². The fourth-order valence-corrected chi connectivity index (χ4v) is 2.77. The molecule has 7 nitrogen and oxygen atoms in total. The van der Waals surface area contributed by atoms with Crippen LogP contribution in [0.5, 0.6) is 5.75 Å². The normalized spacial score (nSPS) is 10.5. The molecule has 0 bridgehead atoms. The van der Waals surface area contributed by atoms with E-state index in [0.29, 0.717) is 18.0 Å². The molecule has 2 aromatic carbocycles. The average Bonchev–Trinajstić information content (AvgIpc) is 2.69. The Bertz CT molecular complexity index is 1100. The minimum atomic E-state index is -0.746. The van der Waals surface area contributed by atoms with E-state index in [-0.39, 0.29) is 6.54 Å². The fraction of sp³-hybridized carbons (Fsp3) is 0.190. The topological polar surface area (TPSA) is 82.3 Å². The highest BCUT2D eigenvalue weighted by atomic mass is 16.5. The first-order valence-corrected chi connectivity index (χ1v) is 8.76. The lowest BCUT2D eigenvalue weighted by atomic mass is 10.1. The van der Waals surface area contributed by atoms with Crippen LogP contribution < -0.4 is 21.2 Å². The summed E-state index contributed by atoms with van der Waals surface area (Å²) >= 11 is 0. The van der Waals surface area contributed by atoms with Crippen molar-refractivity contribution < 1.29 is 9.53 Å². The summed E-state index contributed by atoms with van der Waals surface area (Å²) in [6.45, 7) is 2.01. The van der Waals surface area contributed by atoms with Crippen molar-refractivity contribution >= 4 is 11.6 Å². The molecule has 3 rings (SSSR count). The van der Waals surface area contributed by atoms with E-state index < -0.39 is 17.0 Å². The van der Waals surface area contributed by atoms with E-state index in [2.05, 4.69) is 5.32 Å². The van der Waals surface area contributed by atoms with Gasteiger partial charge in [0.15, 0.2) is 0 Å². The molecule has 0 aliphatic carbocycles. The van der Waals surface area contributed by atoms with Gasteiger partial charge in [0.1, 0.15) is 12.3 Å². The molecule has 0 spiro atoms. The number of nitrogens with zero attached hydrogens (tertiary/aromatic N) is 2. The lowest BCUT2D eigenvalue weighted by molar-refractivity contribution is -0.116. The zero-order chi connectivity index (χ0) is 20.1. The molecule has 0 unspecified atom stereocenters. The number of hydrogen-bond acceptors (Lipinski definition) is 4. The Balaban J connectivity index is 1.75. The van der Waals surface area contributed by atoms with Crippen LogP contribution in [0.3, 0.4) is 0 Å². The molecule has 7 heteroatoms. The number of methoxy groups -OCH3 is 1. The van der Waals surface area contributed by atoms with E-state index in [0.717, 1.165) is 15.7 Å². The second-order valence-corrected chi connectivity index (χ2v) is 6.40. The van der Waals surface area contributed by atoms with E-state index in [1.165, 1.54) is 24.1 Å². The van der Waals surface area contributed by atoms with Crippen molar-refractivity contribution in [1.82, 2.24) is 9.13 Å². The Labute approximate surface area is 161 Å². The second kappa shape index (κ2) is 8.39. The number of rotatable bonds is 6. The maximum absolute atomic E-state index is 12.4. The Kier molecular flexibility index (Phi) is 5.74. The van der Waals surface area contributed by atoms with Crippen molar-refractivity contribution in [3.8, 4) is 5.75 Å². The van der Waals surface area contributed by atoms with Gasteiger partial charge in [0.25, 0.3) is 0 Å². The summed E-state index contributed by atoms with van der Waals surface area (Å²) in [5.41, 5.74) is 1.11. The van der Waals surface area contributed by atoms with Crippen LogP contribution in [0.1, 0.15) is 11.1 Å². The molecule has 1 aromatic heterocycles. The van der Waals surface area contributed by atoms with Gasteiger partial charge >= 0.3 is 11.1 Å². The summed E-state index contributed by atoms with van der Waals surface area (Å²) in [4.78, 5) is 37.0. The molecule has 0 atom stereocenters. The van der Waals surface area contributed by atoms with Crippen molar-refractivity contribution in [3.63, 3.8) is 0 Å². The Morgan fingerprint density at radius 3 is 2.32 bits per heavy atom. The van der Waals surface area contributed by atoms with Gasteiger partial charge in [0.2, 0.25) is 5.91 Å². The Morgan fingerprint density at radius 1 is 0.964 bits per heavy atom. The molecule has 1 heterocycles. The monoisotopic (exact) mass is 379 g/mol. The van der Waals surface area contributed by atoms with Gasteiger partial charge in [-0.15, -0.1) is 0 Å². The maximum atomic E-state index is 12.4. The highest BCUT2D eigenvalue weighted by Crippen LogP contribution is 2.22. The van der Waals surface area contributed by atoms with Crippen LogP contribution in [0.15, 0.2) is 70.5 Å². The first-order valence-electron chi connectivity index (χ1n) is 8.76. The number of carbonyl (C=O) groups excluding carboxylic acids is 1. The van der Waals surface area contributed by atoms with Crippen molar-refractivity contribution in [2.24, 2.45) is 0 Å². The molecule has 0 saturated heterocycles. The van der Waals surface area contributed by atoms with E-state index in [9.17, 15) is 14.4 Å². The minimum absolute atomic E-state index is 0.266. The number of aromatic nitrogens is 2. The first kappa shape index (κ1) is 19.2. The van der Waals surface area contributed by atoms with Crippen molar-refractivity contribution in [2.75, 3.05) is 12.4 Å². The fourth-order valence-electron chi connectivity index (χ4n) is 2.77. The van der Waals surface area contributed by atoms with Crippen LogP contribution in [0.4, 0.5) is 5.69 Å². The number of hydrogen-bond donors (Lipinski definition) is 1. The summed E-state index contributed by atoms with van der Waals surface area (Å²) in [6.07, 6.45) is 2.96. The predicted octanol–water partition coefficient (Wildman–Crippen LogP) is 2.01. The largest absolute Gasteiger partial charge is 0.495 e. The van der Waals surface area contributed by atoms with Gasteiger partial charge in [-0.25, -0.2) is 0 Å². The van der Waals surface area contributed by atoms with Crippen molar-refractivity contribution in [2.45, 2.75) is 20.0 Å². The zero-order valence-corrected chi connectivity index (χ0v) is 15.7. The van der Waals surface area contributed by atoms with Crippen molar-refractivity contribution in [3.05, 3.63) is 92.8 Å². The molecular formula is C21H21N3O4. The predicted molar refractivity (Wildman–Crippen MR) is 107 cm³/mol. The summed E-state index contributed by atoms with van der Waals surface area (Å²) in [5, 5.41) is 2.68. The zero-order valence-electron chi connectivity index (χ0n) is 15.7. The first-order chi connectivity index (χ1) is 13.5. The highest BCUT2D eigenvalue weighted by Gasteiger charge is 2.11. The highest BCUT2D eigenvalue weighted by molar-refractivity contribution is 5.92. The summed E-state index contributed by atoms with van der Waals surface area (Å²) < 4.78 is 7.61. The third-order valence-electron chi connectivity index (χ3n) is 4.30. The quantitative estimate of drug-likeness (QED) is 0.664. The average molecular weight is 379 g/mol. The Morgan fingerprint density at radius 2 is 1.61 bits per heavy atom.